The predicted molar refractivity (Wildman–Crippen MR) is 115 cm³/mol. The summed E-state index contributed by atoms with van der Waals surface area (Å²) in [6.07, 6.45) is 3.42. The van der Waals surface area contributed by atoms with Gasteiger partial charge in [-0.25, -0.2) is 4.98 Å². The van der Waals surface area contributed by atoms with E-state index in [-0.39, 0.29) is 17.9 Å². The van der Waals surface area contributed by atoms with Crippen molar-refractivity contribution in [3.8, 4) is 0 Å². The van der Waals surface area contributed by atoms with Crippen molar-refractivity contribution in [2.24, 2.45) is 0 Å². The molecule has 2 aliphatic heterocycles. The number of H-pyrrole nitrogens is 1. The number of nitrogens with one attached hydrogen (secondary N) is 1. The van der Waals surface area contributed by atoms with Crippen LogP contribution in [0.15, 0.2) is 36.5 Å². The van der Waals surface area contributed by atoms with E-state index in [1.165, 1.54) is 0 Å². The Morgan fingerprint density at radius 1 is 1.06 bits per heavy atom. The standard InChI is InChI=1S/C23H25N5O3/c1-15-25-18-6-4-16(13-20(18)26-15)23(30)28-8-2-3-21(28)19-7-5-17(14-24-19)22(29)27-9-11-31-12-10-27/h4-7,13-14,21H,2-3,8-12H2,1H3,(H,25,26). The third-order valence-electron chi connectivity index (χ3n) is 6.03. The van der Waals surface area contributed by atoms with Crippen molar-refractivity contribution in [1.29, 1.82) is 0 Å². The van der Waals surface area contributed by atoms with Crippen molar-refractivity contribution < 1.29 is 14.3 Å². The summed E-state index contributed by atoms with van der Waals surface area (Å²) in [6.45, 7) is 4.94. The van der Waals surface area contributed by atoms with Gasteiger partial charge in [-0.15, -0.1) is 0 Å². The summed E-state index contributed by atoms with van der Waals surface area (Å²) < 4.78 is 5.32. The maximum atomic E-state index is 13.3. The lowest BCUT2D eigenvalue weighted by Gasteiger charge is -2.27. The van der Waals surface area contributed by atoms with Gasteiger partial charge in [0.25, 0.3) is 11.8 Å². The summed E-state index contributed by atoms with van der Waals surface area (Å²) in [5, 5.41) is 0. The Bertz CT molecular complexity index is 1120. The van der Waals surface area contributed by atoms with Gasteiger partial charge in [0.1, 0.15) is 5.82 Å². The number of aromatic amines is 1. The smallest absolute Gasteiger partial charge is 0.255 e. The molecule has 1 unspecified atom stereocenters. The monoisotopic (exact) mass is 419 g/mol. The van der Waals surface area contributed by atoms with Crippen molar-refractivity contribution in [2.75, 3.05) is 32.8 Å². The van der Waals surface area contributed by atoms with Crippen LogP contribution in [0.3, 0.4) is 0 Å². The van der Waals surface area contributed by atoms with E-state index >= 15 is 0 Å². The number of aryl methyl sites for hydroxylation is 1. The summed E-state index contributed by atoms with van der Waals surface area (Å²) in [4.78, 5) is 41.7. The zero-order valence-electron chi connectivity index (χ0n) is 17.5. The first-order valence-electron chi connectivity index (χ1n) is 10.7. The first-order valence-corrected chi connectivity index (χ1v) is 10.7. The molecule has 0 bridgehead atoms. The van der Waals surface area contributed by atoms with Crippen molar-refractivity contribution in [2.45, 2.75) is 25.8 Å². The highest BCUT2D eigenvalue weighted by Crippen LogP contribution is 2.32. The number of rotatable bonds is 3. The van der Waals surface area contributed by atoms with Crippen molar-refractivity contribution in [3.63, 3.8) is 0 Å². The minimum Gasteiger partial charge on any atom is -0.378 e. The highest BCUT2D eigenvalue weighted by molar-refractivity contribution is 5.98. The highest BCUT2D eigenvalue weighted by atomic mass is 16.5. The predicted octanol–water partition coefficient (Wildman–Crippen LogP) is 2.72. The van der Waals surface area contributed by atoms with Gasteiger partial charge >= 0.3 is 0 Å². The molecule has 1 aromatic carbocycles. The van der Waals surface area contributed by atoms with Gasteiger partial charge in [-0.3, -0.25) is 14.6 Å². The number of aromatic nitrogens is 3. The van der Waals surface area contributed by atoms with Gasteiger partial charge in [0, 0.05) is 31.4 Å². The molecule has 1 atom stereocenters. The Labute approximate surface area is 180 Å². The van der Waals surface area contributed by atoms with Gasteiger partial charge in [-0.1, -0.05) is 0 Å². The normalized spacial score (nSPS) is 19.2. The van der Waals surface area contributed by atoms with E-state index in [2.05, 4.69) is 15.0 Å². The number of hydrogen-bond donors (Lipinski definition) is 1. The third-order valence-corrected chi connectivity index (χ3v) is 6.03. The topological polar surface area (TPSA) is 91.4 Å². The van der Waals surface area contributed by atoms with Crippen LogP contribution in [0.2, 0.25) is 0 Å². The number of amides is 2. The number of pyridine rings is 1. The summed E-state index contributed by atoms with van der Waals surface area (Å²) >= 11 is 0. The van der Waals surface area contributed by atoms with Crippen LogP contribution in [0.4, 0.5) is 0 Å². The van der Waals surface area contributed by atoms with Crippen LogP contribution in [0, 0.1) is 6.92 Å². The van der Waals surface area contributed by atoms with Crippen LogP contribution in [0.1, 0.15) is 51.1 Å². The molecular weight excluding hydrogens is 394 g/mol. The molecule has 2 amide bonds. The van der Waals surface area contributed by atoms with Gasteiger partial charge < -0.3 is 19.5 Å². The molecule has 2 fully saturated rings. The zero-order chi connectivity index (χ0) is 21.4. The van der Waals surface area contributed by atoms with Crippen molar-refractivity contribution in [3.05, 3.63) is 59.2 Å². The zero-order valence-corrected chi connectivity index (χ0v) is 17.5. The molecular formula is C23H25N5O3. The molecule has 2 aromatic heterocycles. The maximum absolute atomic E-state index is 13.3. The van der Waals surface area contributed by atoms with Gasteiger partial charge in [-0.2, -0.15) is 0 Å². The number of nitrogens with zero attached hydrogens (tertiary/aromatic N) is 4. The molecule has 2 saturated heterocycles. The lowest BCUT2D eigenvalue weighted by Crippen LogP contribution is -2.40. The van der Waals surface area contributed by atoms with E-state index in [4.69, 9.17) is 4.74 Å². The summed E-state index contributed by atoms with van der Waals surface area (Å²) in [7, 11) is 0. The average molecular weight is 419 g/mol. The quantitative estimate of drug-likeness (QED) is 0.705. The Kier molecular flexibility index (Phi) is 5.15. The molecule has 3 aromatic rings. The van der Waals surface area contributed by atoms with Crippen LogP contribution in [0.25, 0.3) is 11.0 Å². The molecule has 1 N–H and O–H groups in total. The number of likely N-dealkylation sites (tertiary alicyclic amines) is 1. The number of ether oxygens (including phenoxy) is 1. The molecule has 160 valence electrons. The Hall–Kier alpha value is -3.26. The Morgan fingerprint density at radius 2 is 1.87 bits per heavy atom. The van der Waals surface area contributed by atoms with Crippen molar-refractivity contribution >= 4 is 22.8 Å². The minimum absolute atomic E-state index is 0.00748. The first-order chi connectivity index (χ1) is 15.1. The number of imidazole rings is 1. The largest absolute Gasteiger partial charge is 0.378 e. The molecule has 0 saturated carbocycles. The lowest BCUT2D eigenvalue weighted by molar-refractivity contribution is 0.0302. The second kappa shape index (κ2) is 8.11. The van der Waals surface area contributed by atoms with E-state index in [0.29, 0.717) is 44.0 Å². The van der Waals surface area contributed by atoms with E-state index in [9.17, 15) is 9.59 Å². The molecule has 2 aliphatic rings. The summed E-state index contributed by atoms with van der Waals surface area (Å²) in [6, 6.07) is 9.19. The highest BCUT2D eigenvalue weighted by Gasteiger charge is 2.32. The number of hydrogen-bond acceptors (Lipinski definition) is 5. The van der Waals surface area contributed by atoms with Crippen LogP contribution in [-0.4, -0.2) is 69.4 Å². The van der Waals surface area contributed by atoms with Crippen LogP contribution in [0.5, 0.6) is 0 Å². The number of carbonyl (C=O) groups excluding carboxylic acids is 2. The van der Waals surface area contributed by atoms with Crippen LogP contribution in [-0.2, 0) is 4.74 Å². The number of benzene rings is 1. The minimum atomic E-state index is -0.0840. The van der Waals surface area contributed by atoms with E-state index in [1.807, 2.05) is 42.2 Å². The molecule has 4 heterocycles. The average Bonchev–Trinajstić information content (AvgIpc) is 3.44. The summed E-state index contributed by atoms with van der Waals surface area (Å²) in [5.74, 6) is 0.798. The maximum Gasteiger partial charge on any atom is 0.255 e. The van der Waals surface area contributed by atoms with Gasteiger partial charge in [0.15, 0.2) is 0 Å². The number of fused-ring (bicyclic) bond motifs is 1. The van der Waals surface area contributed by atoms with E-state index in [0.717, 1.165) is 35.4 Å². The lowest BCUT2D eigenvalue weighted by atomic mass is 10.1. The SMILES string of the molecule is Cc1nc2ccc(C(=O)N3CCCC3c3ccc(C(=O)N4CCOCC4)cn3)cc2[nH]1. The fourth-order valence-electron chi connectivity index (χ4n) is 4.43. The second-order valence-electron chi connectivity index (χ2n) is 8.09. The molecule has 0 aliphatic carbocycles. The Morgan fingerprint density at radius 3 is 2.65 bits per heavy atom. The number of morpholine rings is 1. The first kappa shape index (κ1) is 19.7. The van der Waals surface area contributed by atoms with Crippen LogP contribution >= 0.6 is 0 Å². The molecule has 5 rings (SSSR count). The van der Waals surface area contributed by atoms with Gasteiger partial charge in [-0.05, 0) is 50.1 Å². The molecule has 31 heavy (non-hydrogen) atoms. The van der Waals surface area contributed by atoms with Crippen LogP contribution < -0.4 is 0 Å². The Balaban J connectivity index is 1.34. The molecule has 0 radical (unpaired) electrons. The fraction of sp³-hybridized carbons (Fsp3) is 0.391. The summed E-state index contributed by atoms with van der Waals surface area (Å²) in [5.41, 5.74) is 3.75. The molecule has 8 heteroatoms. The number of carbonyl (C=O) groups is 2. The third kappa shape index (κ3) is 3.79. The van der Waals surface area contributed by atoms with E-state index in [1.54, 1.807) is 11.1 Å². The van der Waals surface area contributed by atoms with Gasteiger partial charge in [0.05, 0.1) is 41.5 Å². The second-order valence-corrected chi connectivity index (χ2v) is 8.09. The molecule has 8 nitrogen and oxygen atoms in total. The van der Waals surface area contributed by atoms with Gasteiger partial charge in [0.2, 0.25) is 0 Å². The van der Waals surface area contributed by atoms with E-state index < -0.39 is 0 Å². The fourth-order valence-corrected chi connectivity index (χ4v) is 4.43. The van der Waals surface area contributed by atoms with Crippen molar-refractivity contribution in [1.82, 2.24) is 24.8 Å². The molecule has 0 spiro atoms.